The van der Waals surface area contributed by atoms with Gasteiger partial charge in [0, 0.05) is 11.9 Å². The first-order valence-electron chi connectivity index (χ1n) is 6.77. The Morgan fingerprint density at radius 1 is 1.40 bits per heavy atom. The second-order valence-electron chi connectivity index (χ2n) is 4.77. The van der Waals surface area contributed by atoms with Gasteiger partial charge in [-0.1, -0.05) is 37.3 Å². The van der Waals surface area contributed by atoms with E-state index >= 15 is 0 Å². The van der Waals surface area contributed by atoms with Crippen LogP contribution in [0.5, 0.6) is 0 Å². The zero-order valence-electron chi connectivity index (χ0n) is 12.0. The van der Waals surface area contributed by atoms with Crippen molar-refractivity contribution in [3.63, 3.8) is 0 Å². The molecule has 112 valence electrons. The third kappa shape index (κ3) is 4.23. The summed E-state index contributed by atoms with van der Waals surface area (Å²) < 4.78 is 0. The van der Waals surface area contributed by atoms with E-state index in [9.17, 15) is 9.90 Å². The van der Waals surface area contributed by atoms with Crippen LogP contribution >= 0.6 is 11.8 Å². The highest BCUT2D eigenvalue weighted by molar-refractivity contribution is 7.99. The first-order valence-corrected chi connectivity index (χ1v) is 7.82. The van der Waals surface area contributed by atoms with Crippen LogP contribution in [0.4, 0.5) is 0 Å². The molecule has 0 heterocycles. The maximum Gasteiger partial charge on any atom is 0.328 e. The number of hydrogen-bond acceptors (Lipinski definition) is 4. The molecule has 0 radical (unpaired) electrons. The lowest BCUT2D eigenvalue weighted by molar-refractivity contribution is -0.145. The predicted molar refractivity (Wildman–Crippen MR) is 83.1 cm³/mol. The summed E-state index contributed by atoms with van der Waals surface area (Å²) in [6.45, 7) is 2.22. The number of carboxylic acid groups (broad SMARTS) is 1. The smallest absolute Gasteiger partial charge is 0.328 e. The molecule has 0 aliphatic rings. The highest BCUT2D eigenvalue weighted by atomic mass is 32.2. The number of carboxylic acids is 1. The van der Waals surface area contributed by atoms with E-state index in [0.29, 0.717) is 11.7 Å². The molecule has 1 aromatic carbocycles. The second kappa shape index (κ2) is 8.29. The normalized spacial score (nSPS) is 15.6. The lowest BCUT2D eigenvalue weighted by Gasteiger charge is -2.30. The average molecular weight is 297 g/mol. The number of rotatable bonds is 9. The van der Waals surface area contributed by atoms with E-state index in [1.54, 1.807) is 18.8 Å². The van der Waals surface area contributed by atoms with Crippen molar-refractivity contribution >= 4 is 17.7 Å². The molecule has 0 spiro atoms. The first-order chi connectivity index (χ1) is 9.56. The minimum absolute atomic E-state index is 0.170. The van der Waals surface area contributed by atoms with Gasteiger partial charge in [0.1, 0.15) is 5.54 Å². The number of carbonyl (C=O) groups is 1. The SMILES string of the molecule is CNC(CCSC(C)CCO)(C(=O)O)c1ccccc1. The highest BCUT2D eigenvalue weighted by Crippen LogP contribution is 2.28. The van der Waals surface area contributed by atoms with Gasteiger partial charge in [0.05, 0.1) is 0 Å². The molecule has 0 bridgehead atoms. The lowest BCUT2D eigenvalue weighted by atomic mass is 9.87. The number of nitrogens with one attached hydrogen (secondary N) is 1. The van der Waals surface area contributed by atoms with Crippen molar-refractivity contribution < 1.29 is 15.0 Å². The third-order valence-corrected chi connectivity index (χ3v) is 4.72. The van der Waals surface area contributed by atoms with Crippen LogP contribution in [0.1, 0.15) is 25.3 Å². The number of benzene rings is 1. The molecular weight excluding hydrogens is 274 g/mol. The first kappa shape index (κ1) is 17.0. The van der Waals surface area contributed by atoms with Crippen LogP contribution < -0.4 is 5.32 Å². The molecule has 0 saturated carbocycles. The van der Waals surface area contributed by atoms with Crippen LogP contribution in [0.25, 0.3) is 0 Å². The van der Waals surface area contributed by atoms with Gasteiger partial charge in [0.2, 0.25) is 0 Å². The number of hydrogen-bond donors (Lipinski definition) is 3. The van der Waals surface area contributed by atoms with E-state index in [-0.39, 0.29) is 6.61 Å². The Morgan fingerprint density at radius 3 is 2.55 bits per heavy atom. The monoisotopic (exact) mass is 297 g/mol. The second-order valence-corrected chi connectivity index (χ2v) is 6.32. The molecule has 0 aromatic heterocycles. The van der Waals surface area contributed by atoms with Crippen molar-refractivity contribution in [2.24, 2.45) is 0 Å². The minimum Gasteiger partial charge on any atom is -0.480 e. The minimum atomic E-state index is -1.05. The van der Waals surface area contributed by atoms with Crippen molar-refractivity contribution in [1.29, 1.82) is 0 Å². The van der Waals surface area contributed by atoms with E-state index in [1.165, 1.54) is 0 Å². The predicted octanol–water partition coefficient (Wildman–Crippen LogP) is 2.08. The van der Waals surface area contributed by atoms with Gasteiger partial charge in [-0.3, -0.25) is 0 Å². The summed E-state index contributed by atoms with van der Waals surface area (Å²) >= 11 is 1.69. The number of aliphatic carboxylic acids is 1. The molecule has 4 nitrogen and oxygen atoms in total. The molecule has 1 rings (SSSR count). The molecule has 0 aliphatic carbocycles. The standard InChI is InChI=1S/C15H23NO3S/c1-12(8-10-17)20-11-9-15(16-2,14(18)19)13-6-4-3-5-7-13/h3-7,12,16-17H,8-11H2,1-2H3,(H,18,19). The molecule has 0 aliphatic heterocycles. The summed E-state index contributed by atoms with van der Waals surface area (Å²) in [5.41, 5.74) is -0.280. The molecule has 0 saturated heterocycles. The quantitative estimate of drug-likeness (QED) is 0.651. The van der Waals surface area contributed by atoms with E-state index in [4.69, 9.17) is 5.11 Å². The fraction of sp³-hybridized carbons (Fsp3) is 0.533. The molecular formula is C15H23NO3S. The summed E-state index contributed by atoms with van der Waals surface area (Å²) in [5.74, 6) is -0.134. The Balaban J connectivity index is 2.78. The molecule has 5 heteroatoms. The Bertz CT molecular complexity index is 413. The van der Waals surface area contributed by atoms with Crippen molar-refractivity contribution in [2.45, 2.75) is 30.6 Å². The molecule has 1 aromatic rings. The van der Waals surface area contributed by atoms with Gasteiger partial charge in [0.25, 0.3) is 0 Å². The summed E-state index contributed by atoms with van der Waals surface area (Å²) in [6.07, 6.45) is 1.24. The molecule has 2 atom stereocenters. The van der Waals surface area contributed by atoms with Crippen LogP contribution in [-0.2, 0) is 10.3 Å². The van der Waals surface area contributed by atoms with Crippen molar-refractivity contribution in [3.05, 3.63) is 35.9 Å². The Kier molecular flexibility index (Phi) is 7.05. The zero-order chi connectivity index (χ0) is 15.0. The van der Waals surface area contributed by atoms with Gasteiger partial charge in [-0.25, -0.2) is 4.79 Å². The van der Waals surface area contributed by atoms with E-state index in [1.807, 2.05) is 37.3 Å². The van der Waals surface area contributed by atoms with E-state index in [0.717, 1.165) is 17.7 Å². The number of aliphatic hydroxyl groups is 1. The van der Waals surface area contributed by atoms with Gasteiger partial charge >= 0.3 is 5.97 Å². The van der Waals surface area contributed by atoms with Gasteiger partial charge in [0.15, 0.2) is 0 Å². The number of aliphatic hydroxyl groups excluding tert-OH is 1. The van der Waals surface area contributed by atoms with Crippen molar-refractivity contribution in [3.8, 4) is 0 Å². The maximum absolute atomic E-state index is 11.7. The summed E-state index contributed by atoms with van der Waals surface area (Å²) in [7, 11) is 1.68. The molecule has 0 amide bonds. The van der Waals surface area contributed by atoms with Gasteiger partial charge in [-0.2, -0.15) is 11.8 Å². The molecule has 2 unspecified atom stereocenters. The summed E-state index contributed by atoms with van der Waals surface area (Å²) in [4.78, 5) is 11.7. The van der Waals surface area contributed by atoms with Crippen LogP contribution in [0.2, 0.25) is 0 Å². The van der Waals surface area contributed by atoms with Gasteiger partial charge < -0.3 is 15.5 Å². The Labute approximate surface area is 124 Å². The van der Waals surface area contributed by atoms with Gasteiger partial charge in [-0.15, -0.1) is 0 Å². The fourth-order valence-corrected chi connectivity index (χ4v) is 3.25. The largest absolute Gasteiger partial charge is 0.480 e. The maximum atomic E-state index is 11.7. The summed E-state index contributed by atoms with van der Waals surface area (Å²) in [6, 6.07) is 9.26. The topological polar surface area (TPSA) is 69.6 Å². The fourth-order valence-electron chi connectivity index (χ4n) is 2.15. The molecule has 3 N–H and O–H groups in total. The summed E-state index contributed by atoms with van der Waals surface area (Å²) in [5, 5.41) is 21.8. The zero-order valence-corrected chi connectivity index (χ0v) is 12.8. The van der Waals surface area contributed by atoms with Crippen LogP contribution in [-0.4, -0.2) is 40.8 Å². The Hall–Kier alpha value is -1.04. The van der Waals surface area contributed by atoms with Crippen LogP contribution in [0.15, 0.2) is 30.3 Å². The number of likely N-dealkylation sites (N-methyl/N-ethyl adjacent to an activating group) is 1. The van der Waals surface area contributed by atoms with Crippen molar-refractivity contribution in [2.75, 3.05) is 19.4 Å². The van der Waals surface area contributed by atoms with Crippen LogP contribution in [0.3, 0.4) is 0 Å². The van der Waals surface area contributed by atoms with E-state index < -0.39 is 11.5 Å². The average Bonchev–Trinajstić information content (AvgIpc) is 2.45. The molecule has 20 heavy (non-hydrogen) atoms. The number of thioether (sulfide) groups is 1. The van der Waals surface area contributed by atoms with Crippen molar-refractivity contribution in [1.82, 2.24) is 5.32 Å². The van der Waals surface area contributed by atoms with Gasteiger partial charge in [-0.05, 0) is 31.2 Å². The molecule has 0 fully saturated rings. The third-order valence-electron chi connectivity index (χ3n) is 3.47. The highest BCUT2D eigenvalue weighted by Gasteiger charge is 2.38. The lowest BCUT2D eigenvalue weighted by Crippen LogP contribution is -2.48. The Morgan fingerprint density at radius 2 is 2.05 bits per heavy atom. The van der Waals surface area contributed by atoms with E-state index in [2.05, 4.69) is 5.32 Å². The van der Waals surface area contributed by atoms with Crippen LogP contribution in [0, 0.1) is 0 Å².